The molecule has 176 valence electrons. The van der Waals surface area contributed by atoms with Gasteiger partial charge in [0.2, 0.25) is 5.91 Å². The van der Waals surface area contributed by atoms with Crippen molar-refractivity contribution in [2.45, 2.75) is 13.0 Å². The number of carbonyl (C=O) groups is 3. The van der Waals surface area contributed by atoms with Crippen LogP contribution in [0.3, 0.4) is 0 Å². The molecule has 0 saturated heterocycles. The zero-order valence-electron chi connectivity index (χ0n) is 18.4. The Balaban J connectivity index is 1.44. The highest BCUT2D eigenvalue weighted by atomic mass is 79.9. The molecule has 0 spiro atoms. The fourth-order valence-corrected chi connectivity index (χ4v) is 3.46. The van der Waals surface area contributed by atoms with E-state index in [1.807, 2.05) is 60.7 Å². The van der Waals surface area contributed by atoms with Gasteiger partial charge in [0, 0.05) is 42.1 Å². The van der Waals surface area contributed by atoms with E-state index >= 15 is 0 Å². The van der Waals surface area contributed by atoms with Crippen LogP contribution in [0.15, 0.2) is 83.6 Å². The molecule has 2 aromatic carbocycles. The first-order valence-corrected chi connectivity index (χ1v) is 11.5. The fraction of sp³-hybridized carbons (Fsp3) is 0.200. The largest absolute Gasteiger partial charge is 0.448 e. The van der Waals surface area contributed by atoms with Crippen molar-refractivity contribution >= 4 is 39.5 Å². The molecule has 8 nitrogen and oxygen atoms in total. The topological polar surface area (TPSA) is 101 Å². The number of aromatic nitrogens is 1. The molecule has 0 radical (unpaired) electrons. The molecule has 0 aliphatic carbocycles. The molecule has 0 saturated carbocycles. The van der Waals surface area contributed by atoms with Gasteiger partial charge < -0.3 is 20.3 Å². The number of benzene rings is 2. The summed E-state index contributed by atoms with van der Waals surface area (Å²) in [6.45, 7) is 0.756. The standard InChI is InChI=1S/C25H25BrN4O4/c26-21-15-20(17-27-18-21)24(32)30(22-9-5-2-6-10-22)13-11-23(31)28-12-14-34-25(33)29-16-19-7-3-1-4-8-19/h1-10,15,17-18H,11-14,16H2,(H,28,31)(H,29,33). The van der Waals surface area contributed by atoms with Crippen LogP contribution in [0.5, 0.6) is 0 Å². The van der Waals surface area contributed by atoms with Crippen LogP contribution in [-0.2, 0) is 16.1 Å². The lowest BCUT2D eigenvalue weighted by Crippen LogP contribution is -2.36. The van der Waals surface area contributed by atoms with Gasteiger partial charge in [-0.1, -0.05) is 48.5 Å². The van der Waals surface area contributed by atoms with Gasteiger partial charge in [-0.2, -0.15) is 0 Å². The van der Waals surface area contributed by atoms with Crippen LogP contribution >= 0.6 is 15.9 Å². The third kappa shape index (κ3) is 8.00. The number of para-hydroxylation sites is 1. The molecule has 2 N–H and O–H groups in total. The Bertz CT molecular complexity index is 1100. The van der Waals surface area contributed by atoms with E-state index in [1.165, 1.54) is 11.1 Å². The van der Waals surface area contributed by atoms with Gasteiger partial charge in [0.15, 0.2) is 0 Å². The van der Waals surface area contributed by atoms with Crippen LogP contribution in [-0.4, -0.2) is 42.6 Å². The van der Waals surface area contributed by atoms with Gasteiger partial charge in [0.05, 0.1) is 12.1 Å². The van der Waals surface area contributed by atoms with Crippen molar-refractivity contribution < 1.29 is 19.1 Å². The number of nitrogens with zero attached hydrogens (tertiary/aromatic N) is 2. The number of anilines is 1. The van der Waals surface area contributed by atoms with Gasteiger partial charge in [-0.15, -0.1) is 0 Å². The minimum absolute atomic E-state index is 0.0391. The number of nitrogens with one attached hydrogen (secondary N) is 2. The zero-order valence-corrected chi connectivity index (χ0v) is 20.0. The van der Waals surface area contributed by atoms with Crippen molar-refractivity contribution in [2.24, 2.45) is 0 Å². The lowest BCUT2D eigenvalue weighted by molar-refractivity contribution is -0.121. The summed E-state index contributed by atoms with van der Waals surface area (Å²) in [4.78, 5) is 42.8. The van der Waals surface area contributed by atoms with E-state index in [0.717, 1.165) is 5.56 Å². The number of amides is 3. The summed E-state index contributed by atoms with van der Waals surface area (Å²) < 4.78 is 5.77. The first-order chi connectivity index (χ1) is 16.5. The molecule has 1 heterocycles. The molecule has 1 aromatic heterocycles. The number of hydrogen-bond acceptors (Lipinski definition) is 5. The quantitative estimate of drug-likeness (QED) is 0.391. The normalized spacial score (nSPS) is 10.3. The summed E-state index contributed by atoms with van der Waals surface area (Å²) in [6.07, 6.45) is 2.62. The molecular weight excluding hydrogens is 500 g/mol. The van der Waals surface area contributed by atoms with Crippen LogP contribution in [0.2, 0.25) is 0 Å². The molecule has 3 aromatic rings. The van der Waals surface area contributed by atoms with Crippen molar-refractivity contribution in [3.63, 3.8) is 0 Å². The summed E-state index contributed by atoms with van der Waals surface area (Å²) >= 11 is 3.33. The second kappa shape index (κ2) is 13.1. The second-order valence-corrected chi connectivity index (χ2v) is 8.17. The molecule has 3 amide bonds. The molecule has 0 fully saturated rings. The average molecular weight is 525 g/mol. The SMILES string of the molecule is O=C(CCN(C(=O)c1cncc(Br)c1)c1ccccc1)NCCOC(=O)NCc1ccccc1. The van der Waals surface area contributed by atoms with Crippen molar-refractivity contribution in [2.75, 3.05) is 24.6 Å². The Morgan fingerprint density at radius 2 is 1.65 bits per heavy atom. The molecular formula is C25H25BrN4O4. The van der Waals surface area contributed by atoms with Crippen LogP contribution in [0, 0.1) is 0 Å². The number of rotatable bonds is 10. The van der Waals surface area contributed by atoms with E-state index in [1.54, 1.807) is 12.3 Å². The minimum atomic E-state index is -0.554. The molecule has 9 heteroatoms. The summed E-state index contributed by atoms with van der Waals surface area (Å²) in [5, 5.41) is 5.36. The fourth-order valence-electron chi connectivity index (χ4n) is 3.10. The highest BCUT2D eigenvalue weighted by Gasteiger charge is 2.19. The number of halogens is 1. The summed E-state index contributed by atoms with van der Waals surface area (Å²) in [6, 6.07) is 20.3. The summed E-state index contributed by atoms with van der Waals surface area (Å²) in [7, 11) is 0. The maximum atomic E-state index is 13.1. The van der Waals surface area contributed by atoms with E-state index < -0.39 is 6.09 Å². The molecule has 0 bridgehead atoms. The van der Waals surface area contributed by atoms with Crippen LogP contribution in [0.25, 0.3) is 0 Å². The number of pyridine rings is 1. The van der Waals surface area contributed by atoms with Gasteiger partial charge >= 0.3 is 6.09 Å². The Kier molecular flexibility index (Phi) is 9.60. The molecule has 3 rings (SSSR count). The number of ether oxygens (including phenoxy) is 1. The number of hydrogen-bond donors (Lipinski definition) is 2. The monoisotopic (exact) mass is 524 g/mol. The molecule has 34 heavy (non-hydrogen) atoms. The summed E-state index contributed by atoms with van der Waals surface area (Å²) in [5.74, 6) is -0.513. The predicted molar refractivity (Wildman–Crippen MR) is 132 cm³/mol. The average Bonchev–Trinajstić information content (AvgIpc) is 2.86. The van der Waals surface area contributed by atoms with Crippen molar-refractivity contribution in [3.8, 4) is 0 Å². The Morgan fingerprint density at radius 3 is 2.35 bits per heavy atom. The summed E-state index contributed by atoms with van der Waals surface area (Å²) in [5.41, 5.74) is 2.05. The first kappa shape index (κ1) is 24.9. The van der Waals surface area contributed by atoms with E-state index in [0.29, 0.717) is 22.3 Å². The minimum Gasteiger partial charge on any atom is -0.448 e. The smallest absolute Gasteiger partial charge is 0.407 e. The van der Waals surface area contributed by atoms with Crippen LogP contribution < -0.4 is 15.5 Å². The Hall–Kier alpha value is -3.72. The van der Waals surface area contributed by atoms with Gasteiger partial charge in [-0.05, 0) is 39.7 Å². The molecule has 0 atom stereocenters. The third-order valence-electron chi connectivity index (χ3n) is 4.76. The second-order valence-electron chi connectivity index (χ2n) is 7.26. The highest BCUT2D eigenvalue weighted by Crippen LogP contribution is 2.19. The maximum absolute atomic E-state index is 13.1. The highest BCUT2D eigenvalue weighted by molar-refractivity contribution is 9.10. The van der Waals surface area contributed by atoms with Crippen molar-refractivity contribution in [1.82, 2.24) is 15.6 Å². The lowest BCUT2D eigenvalue weighted by Gasteiger charge is -2.22. The zero-order chi connectivity index (χ0) is 24.2. The lowest BCUT2D eigenvalue weighted by atomic mass is 10.2. The Labute approximate surface area is 206 Å². The van der Waals surface area contributed by atoms with Gasteiger partial charge in [0.25, 0.3) is 5.91 Å². The van der Waals surface area contributed by atoms with Crippen LogP contribution in [0.1, 0.15) is 22.3 Å². The maximum Gasteiger partial charge on any atom is 0.407 e. The van der Waals surface area contributed by atoms with E-state index in [-0.39, 0.29) is 37.9 Å². The molecule has 0 aliphatic rings. The number of carbonyl (C=O) groups excluding carboxylic acids is 3. The van der Waals surface area contributed by atoms with E-state index in [2.05, 4.69) is 31.5 Å². The van der Waals surface area contributed by atoms with Gasteiger partial charge in [0.1, 0.15) is 6.61 Å². The number of alkyl carbamates (subject to hydrolysis) is 1. The third-order valence-corrected chi connectivity index (χ3v) is 5.20. The van der Waals surface area contributed by atoms with Crippen molar-refractivity contribution in [1.29, 1.82) is 0 Å². The van der Waals surface area contributed by atoms with Crippen LogP contribution in [0.4, 0.5) is 10.5 Å². The Morgan fingerprint density at radius 1 is 0.941 bits per heavy atom. The van der Waals surface area contributed by atoms with Gasteiger partial charge in [-0.3, -0.25) is 14.6 Å². The van der Waals surface area contributed by atoms with Crippen molar-refractivity contribution in [3.05, 3.63) is 94.7 Å². The van der Waals surface area contributed by atoms with Gasteiger partial charge in [-0.25, -0.2) is 4.79 Å². The first-order valence-electron chi connectivity index (χ1n) is 10.7. The molecule has 0 unspecified atom stereocenters. The molecule has 0 aliphatic heterocycles. The van der Waals surface area contributed by atoms with E-state index in [9.17, 15) is 14.4 Å². The van der Waals surface area contributed by atoms with E-state index in [4.69, 9.17) is 4.74 Å². The predicted octanol–water partition coefficient (Wildman–Crippen LogP) is 3.92.